The molecule has 0 bridgehead atoms. The third-order valence-corrected chi connectivity index (χ3v) is 5.41. The number of rotatable bonds is 3. The lowest BCUT2D eigenvalue weighted by Gasteiger charge is -2.36. The average Bonchev–Trinajstić information content (AvgIpc) is 2.54. The largest absolute Gasteiger partial charge is 0.393 e. The Morgan fingerprint density at radius 1 is 1.39 bits per heavy atom. The predicted octanol–water partition coefficient (Wildman–Crippen LogP) is 2.13. The molecule has 18 heavy (non-hydrogen) atoms. The Kier molecular flexibility index (Phi) is 4.44. The monoisotopic (exact) mass is 253 g/mol. The first kappa shape index (κ1) is 14.0. The van der Waals surface area contributed by atoms with Gasteiger partial charge in [0.05, 0.1) is 12.6 Å². The maximum Gasteiger partial charge on any atom is 0.146 e. The first-order chi connectivity index (χ1) is 8.61. The standard InChI is InChI=1S/C15H27NO2/c1-3-11-7-15(4-2,8-14(11)18)12-5-6-13(17)10-16-9-12/h11-12,14,16,18H,3-10H2,1-2H3/t11-,12?,14-,15-/m1/s1. The normalized spacial score (nSPS) is 41.9. The van der Waals surface area contributed by atoms with Gasteiger partial charge in [0.25, 0.3) is 0 Å². The fourth-order valence-electron chi connectivity index (χ4n) is 4.09. The quantitative estimate of drug-likeness (QED) is 0.810. The van der Waals surface area contributed by atoms with Crippen LogP contribution >= 0.6 is 0 Å². The fourth-order valence-corrected chi connectivity index (χ4v) is 4.09. The number of aliphatic hydroxyl groups is 1. The average molecular weight is 253 g/mol. The molecule has 2 rings (SSSR count). The summed E-state index contributed by atoms with van der Waals surface area (Å²) in [6, 6.07) is 0. The maximum absolute atomic E-state index is 11.5. The molecule has 1 aliphatic carbocycles. The Balaban J connectivity index is 2.10. The second kappa shape index (κ2) is 5.70. The molecule has 104 valence electrons. The summed E-state index contributed by atoms with van der Waals surface area (Å²) in [5, 5.41) is 13.5. The first-order valence-corrected chi connectivity index (χ1v) is 7.51. The smallest absolute Gasteiger partial charge is 0.146 e. The van der Waals surface area contributed by atoms with Crippen LogP contribution in [-0.4, -0.2) is 30.1 Å². The number of carbonyl (C=O) groups is 1. The third-order valence-electron chi connectivity index (χ3n) is 5.41. The summed E-state index contributed by atoms with van der Waals surface area (Å²) < 4.78 is 0. The molecule has 0 aromatic heterocycles. The molecule has 1 heterocycles. The molecule has 0 amide bonds. The number of hydrogen-bond donors (Lipinski definition) is 2. The Hall–Kier alpha value is -0.410. The van der Waals surface area contributed by atoms with Gasteiger partial charge in [-0.2, -0.15) is 0 Å². The summed E-state index contributed by atoms with van der Waals surface area (Å²) in [4.78, 5) is 11.5. The summed E-state index contributed by atoms with van der Waals surface area (Å²) in [6.07, 6.45) is 5.86. The highest BCUT2D eigenvalue weighted by Gasteiger charge is 2.47. The lowest BCUT2D eigenvalue weighted by atomic mass is 9.69. The van der Waals surface area contributed by atoms with Gasteiger partial charge in [0, 0.05) is 6.42 Å². The minimum atomic E-state index is -0.131. The van der Waals surface area contributed by atoms with Crippen LogP contribution in [0.1, 0.15) is 52.4 Å². The van der Waals surface area contributed by atoms with Gasteiger partial charge in [0.1, 0.15) is 5.78 Å². The predicted molar refractivity (Wildman–Crippen MR) is 72.3 cm³/mol. The van der Waals surface area contributed by atoms with Crippen molar-refractivity contribution in [2.75, 3.05) is 13.1 Å². The van der Waals surface area contributed by atoms with E-state index in [9.17, 15) is 9.90 Å². The van der Waals surface area contributed by atoms with E-state index >= 15 is 0 Å². The second-order valence-electron chi connectivity index (χ2n) is 6.27. The molecule has 2 aliphatic rings. The topological polar surface area (TPSA) is 49.3 Å². The van der Waals surface area contributed by atoms with Gasteiger partial charge < -0.3 is 10.4 Å². The molecule has 4 atom stereocenters. The van der Waals surface area contributed by atoms with E-state index in [1.807, 2.05) is 0 Å². The van der Waals surface area contributed by atoms with E-state index in [0.717, 1.165) is 38.6 Å². The highest BCUT2D eigenvalue weighted by molar-refractivity contribution is 5.80. The lowest BCUT2D eigenvalue weighted by Crippen LogP contribution is -2.35. The number of nitrogens with one attached hydrogen (secondary N) is 1. The Labute approximate surface area is 110 Å². The van der Waals surface area contributed by atoms with Crippen molar-refractivity contribution in [1.82, 2.24) is 5.32 Å². The molecule has 3 heteroatoms. The maximum atomic E-state index is 11.5. The van der Waals surface area contributed by atoms with E-state index in [2.05, 4.69) is 19.2 Å². The molecule has 1 aliphatic heterocycles. The van der Waals surface area contributed by atoms with Gasteiger partial charge in [-0.25, -0.2) is 0 Å². The van der Waals surface area contributed by atoms with Crippen molar-refractivity contribution >= 4 is 5.78 Å². The van der Waals surface area contributed by atoms with Crippen molar-refractivity contribution in [3.05, 3.63) is 0 Å². The zero-order chi connectivity index (χ0) is 13.2. The van der Waals surface area contributed by atoms with Crippen LogP contribution in [0.4, 0.5) is 0 Å². The zero-order valence-corrected chi connectivity index (χ0v) is 11.7. The van der Waals surface area contributed by atoms with E-state index in [1.165, 1.54) is 0 Å². The van der Waals surface area contributed by atoms with E-state index in [0.29, 0.717) is 30.6 Å². The summed E-state index contributed by atoms with van der Waals surface area (Å²) >= 11 is 0. The molecule has 2 fully saturated rings. The summed E-state index contributed by atoms with van der Waals surface area (Å²) in [6.45, 7) is 5.91. The Bertz CT molecular complexity index is 305. The first-order valence-electron chi connectivity index (χ1n) is 7.51. The molecule has 0 aromatic rings. The van der Waals surface area contributed by atoms with Crippen LogP contribution in [-0.2, 0) is 4.79 Å². The minimum absolute atomic E-state index is 0.131. The zero-order valence-electron chi connectivity index (χ0n) is 11.7. The van der Waals surface area contributed by atoms with Crippen molar-refractivity contribution in [3.63, 3.8) is 0 Å². The molecule has 0 radical (unpaired) electrons. The molecule has 1 unspecified atom stereocenters. The van der Waals surface area contributed by atoms with Crippen LogP contribution in [0, 0.1) is 17.3 Å². The SMILES string of the molecule is CC[C@@H]1C[C@@](CC)(C2CCC(=O)CNC2)C[C@H]1O. The van der Waals surface area contributed by atoms with Crippen LogP contribution in [0.5, 0.6) is 0 Å². The van der Waals surface area contributed by atoms with E-state index in [4.69, 9.17) is 0 Å². The minimum Gasteiger partial charge on any atom is -0.393 e. The Morgan fingerprint density at radius 3 is 2.78 bits per heavy atom. The number of hydrogen-bond acceptors (Lipinski definition) is 3. The lowest BCUT2D eigenvalue weighted by molar-refractivity contribution is -0.118. The van der Waals surface area contributed by atoms with Crippen LogP contribution in [0.15, 0.2) is 0 Å². The summed E-state index contributed by atoms with van der Waals surface area (Å²) in [5.41, 5.74) is 0.262. The van der Waals surface area contributed by atoms with Gasteiger partial charge in [0.15, 0.2) is 0 Å². The molecule has 2 N–H and O–H groups in total. The molecule has 3 nitrogen and oxygen atoms in total. The third kappa shape index (κ3) is 2.62. The number of ketones is 1. The molecule has 1 saturated heterocycles. The van der Waals surface area contributed by atoms with Gasteiger partial charge in [-0.1, -0.05) is 26.7 Å². The van der Waals surface area contributed by atoms with E-state index in [-0.39, 0.29) is 11.5 Å². The van der Waals surface area contributed by atoms with Crippen molar-refractivity contribution in [3.8, 4) is 0 Å². The van der Waals surface area contributed by atoms with Crippen LogP contribution in [0.3, 0.4) is 0 Å². The van der Waals surface area contributed by atoms with Gasteiger partial charge in [0.2, 0.25) is 0 Å². The molecule has 0 spiro atoms. The summed E-state index contributed by atoms with van der Waals surface area (Å²) in [7, 11) is 0. The molecular formula is C15H27NO2. The van der Waals surface area contributed by atoms with Crippen molar-refractivity contribution < 1.29 is 9.90 Å². The molecular weight excluding hydrogens is 226 g/mol. The molecule has 0 aromatic carbocycles. The van der Waals surface area contributed by atoms with Crippen molar-refractivity contribution in [2.24, 2.45) is 17.3 Å². The van der Waals surface area contributed by atoms with Gasteiger partial charge in [-0.05, 0) is 43.1 Å². The fraction of sp³-hybridized carbons (Fsp3) is 0.933. The van der Waals surface area contributed by atoms with E-state index < -0.39 is 0 Å². The summed E-state index contributed by atoms with van der Waals surface area (Å²) in [5.74, 6) is 1.36. The van der Waals surface area contributed by atoms with Crippen molar-refractivity contribution in [2.45, 2.75) is 58.5 Å². The number of aliphatic hydroxyl groups excluding tert-OH is 1. The van der Waals surface area contributed by atoms with E-state index in [1.54, 1.807) is 0 Å². The number of carbonyl (C=O) groups excluding carboxylic acids is 1. The Morgan fingerprint density at radius 2 is 2.17 bits per heavy atom. The van der Waals surface area contributed by atoms with Gasteiger partial charge in [-0.3, -0.25) is 4.79 Å². The van der Waals surface area contributed by atoms with Gasteiger partial charge in [-0.15, -0.1) is 0 Å². The highest BCUT2D eigenvalue weighted by atomic mass is 16.3. The van der Waals surface area contributed by atoms with Crippen molar-refractivity contribution in [1.29, 1.82) is 0 Å². The number of Topliss-reactive ketones (excluding diaryl/α,β-unsaturated/α-hetero) is 1. The van der Waals surface area contributed by atoms with Gasteiger partial charge >= 0.3 is 0 Å². The molecule has 1 saturated carbocycles. The van der Waals surface area contributed by atoms with Crippen LogP contribution in [0.2, 0.25) is 0 Å². The van der Waals surface area contributed by atoms with Crippen LogP contribution < -0.4 is 5.32 Å². The second-order valence-corrected chi connectivity index (χ2v) is 6.27. The highest BCUT2D eigenvalue weighted by Crippen LogP contribution is 2.51. The van der Waals surface area contributed by atoms with Crippen LogP contribution in [0.25, 0.3) is 0 Å².